The van der Waals surface area contributed by atoms with Gasteiger partial charge in [0, 0.05) is 30.9 Å². The van der Waals surface area contributed by atoms with E-state index in [9.17, 15) is 9.90 Å². The molecular weight excluding hydrogens is 328 g/mol. The molecule has 0 bridgehead atoms. The molecule has 0 aliphatic carbocycles. The Bertz CT molecular complexity index is 957. The van der Waals surface area contributed by atoms with Gasteiger partial charge in [-0.2, -0.15) is 0 Å². The SMILES string of the molecule is Cc1ccc2nc(N3CCC(C(=O)O)(n4ccnc4)CC3)cc(C)c2c1. The first-order valence-corrected chi connectivity index (χ1v) is 8.84. The normalized spacial score (nSPS) is 16.8. The molecule has 6 heteroatoms. The molecule has 1 fully saturated rings. The van der Waals surface area contributed by atoms with Crippen molar-refractivity contribution in [1.29, 1.82) is 0 Å². The van der Waals surface area contributed by atoms with Crippen LogP contribution in [0.4, 0.5) is 5.82 Å². The fraction of sp³-hybridized carbons (Fsp3) is 0.350. The van der Waals surface area contributed by atoms with E-state index in [0.29, 0.717) is 25.9 Å². The summed E-state index contributed by atoms with van der Waals surface area (Å²) in [5.74, 6) is 0.122. The number of carboxylic acids is 1. The molecule has 1 aliphatic rings. The fourth-order valence-corrected chi connectivity index (χ4v) is 3.85. The number of aliphatic carboxylic acids is 1. The minimum absolute atomic E-state index is 0.519. The van der Waals surface area contributed by atoms with Crippen molar-refractivity contribution in [2.45, 2.75) is 32.2 Å². The number of rotatable bonds is 3. The molecular formula is C20H22N4O2. The molecule has 0 spiro atoms. The summed E-state index contributed by atoms with van der Waals surface area (Å²) in [6, 6.07) is 8.39. The molecule has 134 valence electrons. The third-order valence-electron chi connectivity index (χ3n) is 5.47. The van der Waals surface area contributed by atoms with Crippen LogP contribution in [-0.2, 0) is 10.3 Å². The molecule has 0 unspecified atom stereocenters. The molecule has 6 nitrogen and oxygen atoms in total. The van der Waals surface area contributed by atoms with Crippen LogP contribution >= 0.6 is 0 Å². The van der Waals surface area contributed by atoms with Gasteiger partial charge in [0.05, 0.1) is 11.8 Å². The van der Waals surface area contributed by atoms with Gasteiger partial charge in [0.15, 0.2) is 0 Å². The molecule has 4 rings (SSSR count). The fourth-order valence-electron chi connectivity index (χ4n) is 3.85. The number of pyridine rings is 1. The van der Waals surface area contributed by atoms with E-state index < -0.39 is 11.5 Å². The minimum atomic E-state index is -0.921. The van der Waals surface area contributed by atoms with E-state index in [1.807, 2.05) is 0 Å². The van der Waals surface area contributed by atoms with Crippen LogP contribution < -0.4 is 4.90 Å². The number of hydrogen-bond acceptors (Lipinski definition) is 4. The number of piperidine rings is 1. The Morgan fingerprint density at radius 1 is 1.19 bits per heavy atom. The van der Waals surface area contributed by atoms with Crippen molar-refractivity contribution in [3.05, 3.63) is 54.1 Å². The second kappa shape index (κ2) is 6.12. The Kier molecular flexibility index (Phi) is 3.90. The Morgan fingerprint density at radius 3 is 2.62 bits per heavy atom. The summed E-state index contributed by atoms with van der Waals surface area (Å²) >= 11 is 0. The maximum absolute atomic E-state index is 12.0. The van der Waals surface area contributed by atoms with Gasteiger partial charge in [-0.05, 0) is 50.5 Å². The van der Waals surface area contributed by atoms with Crippen molar-refractivity contribution >= 4 is 22.7 Å². The quantitative estimate of drug-likeness (QED) is 0.786. The van der Waals surface area contributed by atoms with E-state index in [0.717, 1.165) is 11.3 Å². The molecule has 0 atom stereocenters. The topological polar surface area (TPSA) is 71.2 Å². The number of benzene rings is 1. The van der Waals surface area contributed by atoms with Crippen LogP contribution in [0.5, 0.6) is 0 Å². The highest BCUT2D eigenvalue weighted by Crippen LogP contribution is 2.33. The number of imidazole rings is 1. The largest absolute Gasteiger partial charge is 0.479 e. The second-order valence-electron chi connectivity index (χ2n) is 7.11. The molecule has 3 heterocycles. The number of anilines is 1. The molecule has 1 aromatic carbocycles. The van der Waals surface area contributed by atoms with Crippen LogP contribution in [0.1, 0.15) is 24.0 Å². The monoisotopic (exact) mass is 350 g/mol. The molecule has 3 aromatic rings. The summed E-state index contributed by atoms with van der Waals surface area (Å²) in [4.78, 5) is 23.0. The van der Waals surface area contributed by atoms with E-state index in [1.54, 1.807) is 23.3 Å². The summed E-state index contributed by atoms with van der Waals surface area (Å²) in [7, 11) is 0. The van der Waals surface area contributed by atoms with E-state index in [2.05, 4.69) is 48.0 Å². The predicted molar refractivity (Wildman–Crippen MR) is 101 cm³/mol. The summed E-state index contributed by atoms with van der Waals surface area (Å²) in [6.07, 6.45) is 6.01. The van der Waals surface area contributed by atoms with Crippen LogP contribution in [0.3, 0.4) is 0 Å². The summed E-state index contributed by atoms with van der Waals surface area (Å²) in [5, 5.41) is 11.0. The highest BCUT2D eigenvalue weighted by atomic mass is 16.4. The summed E-state index contributed by atoms with van der Waals surface area (Å²) in [6.45, 7) is 5.48. The minimum Gasteiger partial charge on any atom is -0.479 e. The molecule has 1 aliphatic heterocycles. The molecule has 2 aromatic heterocycles. The van der Waals surface area contributed by atoms with E-state index in [1.165, 1.54) is 16.5 Å². The van der Waals surface area contributed by atoms with Gasteiger partial charge in [-0.1, -0.05) is 11.6 Å². The lowest BCUT2D eigenvalue weighted by atomic mass is 9.87. The van der Waals surface area contributed by atoms with Crippen molar-refractivity contribution in [1.82, 2.24) is 14.5 Å². The zero-order valence-corrected chi connectivity index (χ0v) is 15.0. The molecule has 0 amide bonds. The van der Waals surface area contributed by atoms with Gasteiger partial charge < -0.3 is 14.6 Å². The van der Waals surface area contributed by atoms with Gasteiger partial charge in [-0.3, -0.25) is 0 Å². The van der Waals surface area contributed by atoms with Gasteiger partial charge in [-0.25, -0.2) is 14.8 Å². The van der Waals surface area contributed by atoms with E-state index >= 15 is 0 Å². The van der Waals surface area contributed by atoms with Crippen molar-refractivity contribution in [2.24, 2.45) is 0 Å². The van der Waals surface area contributed by atoms with Crippen LogP contribution in [0.25, 0.3) is 10.9 Å². The second-order valence-corrected chi connectivity index (χ2v) is 7.11. The van der Waals surface area contributed by atoms with Crippen molar-refractivity contribution in [2.75, 3.05) is 18.0 Å². The Hall–Kier alpha value is -2.89. The number of carbonyl (C=O) groups is 1. The number of nitrogens with zero attached hydrogens (tertiary/aromatic N) is 4. The first-order chi connectivity index (χ1) is 12.5. The van der Waals surface area contributed by atoms with Crippen LogP contribution in [0.15, 0.2) is 43.0 Å². The number of fused-ring (bicyclic) bond motifs is 1. The smallest absolute Gasteiger partial charge is 0.330 e. The van der Waals surface area contributed by atoms with Gasteiger partial charge in [0.1, 0.15) is 11.4 Å². The molecule has 0 saturated carbocycles. The lowest BCUT2D eigenvalue weighted by molar-refractivity contribution is -0.148. The third-order valence-corrected chi connectivity index (χ3v) is 5.47. The first-order valence-electron chi connectivity index (χ1n) is 8.84. The lowest BCUT2D eigenvalue weighted by Gasteiger charge is -2.40. The van der Waals surface area contributed by atoms with Gasteiger partial charge in [0.25, 0.3) is 0 Å². The predicted octanol–water partition coefficient (Wildman–Crippen LogP) is 3.13. The number of aryl methyl sites for hydroxylation is 2. The van der Waals surface area contributed by atoms with Gasteiger partial charge >= 0.3 is 5.97 Å². The van der Waals surface area contributed by atoms with Crippen molar-refractivity contribution in [3.8, 4) is 0 Å². The third kappa shape index (κ3) is 2.62. The van der Waals surface area contributed by atoms with Crippen molar-refractivity contribution < 1.29 is 9.90 Å². The maximum Gasteiger partial charge on any atom is 0.330 e. The zero-order valence-electron chi connectivity index (χ0n) is 15.0. The molecule has 1 saturated heterocycles. The number of aromatic nitrogens is 3. The van der Waals surface area contributed by atoms with Crippen LogP contribution in [0.2, 0.25) is 0 Å². The van der Waals surface area contributed by atoms with Crippen molar-refractivity contribution in [3.63, 3.8) is 0 Å². The standard InChI is InChI=1S/C20H22N4O2/c1-14-3-4-17-16(11-14)15(2)12-18(22-17)23-8-5-20(6-9-23,19(25)26)24-10-7-21-13-24/h3-4,7,10-13H,5-6,8-9H2,1-2H3,(H,25,26). The van der Waals surface area contributed by atoms with Crippen LogP contribution in [-0.4, -0.2) is 38.7 Å². The summed E-state index contributed by atoms with van der Waals surface area (Å²) in [5.41, 5.74) is 2.48. The highest BCUT2D eigenvalue weighted by molar-refractivity contribution is 5.84. The highest BCUT2D eigenvalue weighted by Gasteiger charge is 2.43. The average Bonchev–Trinajstić information content (AvgIpc) is 3.17. The zero-order chi connectivity index (χ0) is 18.3. The molecule has 0 radical (unpaired) electrons. The van der Waals surface area contributed by atoms with Gasteiger partial charge in [-0.15, -0.1) is 0 Å². The molecule has 1 N–H and O–H groups in total. The first kappa shape index (κ1) is 16.6. The number of carboxylic acid groups (broad SMARTS) is 1. The Balaban J connectivity index is 1.63. The van der Waals surface area contributed by atoms with Gasteiger partial charge in [0.2, 0.25) is 0 Å². The Morgan fingerprint density at radius 2 is 1.96 bits per heavy atom. The Labute approximate surface area is 152 Å². The maximum atomic E-state index is 12.0. The number of hydrogen-bond donors (Lipinski definition) is 1. The van der Waals surface area contributed by atoms with E-state index in [-0.39, 0.29) is 0 Å². The average molecular weight is 350 g/mol. The summed E-state index contributed by atoms with van der Waals surface area (Å²) < 4.78 is 1.73. The van der Waals surface area contributed by atoms with Crippen LogP contribution in [0, 0.1) is 13.8 Å². The lowest BCUT2D eigenvalue weighted by Crippen LogP contribution is -2.51. The van der Waals surface area contributed by atoms with E-state index in [4.69, 9.17) is 4.98 Å². The molecule has 26 heavy (non-hydrogen) atoms.